The Balaban J connectivity index is 1.89. The van der Waals surface area contributed by atoms with E-state index in [1.807, 2.05) is 17.5 Å². The second kappa shape index (κ2) is 9.03. The van der Waals surface area contributed by atoms with E-state index in [1.165, 1.54) is 15.4 Å². The fraction of sp³-hybridized carbons (Fsp3) is 0.500. The predicted molar refractivity (Wildman–Crippen MR) is 95.1 cm³/mol. The van der Waals surface area contributed by atoms with Crippen molar-refractivity contribution in [3.05, 3.63) is 52.0 Å². The first-order valence-electron chi connectivity index (χ1n) is 8.07. The van der Waals surface area contributed by atoms with Gasteiger partial charge in [-0.05, 0) is 17.9 Å². The van der Waals surface area contributed by atoms with E-state index in [0.29, 0.717) is 12.5 Å². The summed E-state index contributed by atoms with van der Waals surface area (Å²) in [5.41, 5.74) is 7.15. The van der Waals surface area contributed by atoms with E-state index in [1.54, 1.807) is 0 Å². The summed E-state index contributed by atoms with van der Waals surface area (Å²) in [5.74, 6) is 0.664. The van der Waals surface area contributed by atoms with Gasteiger partial charge in [-0.3, -0.25) is 4.90 Å². The van der Waals surface area contributed by atoms with Gasteiger partial charge in [-0.1, -0.05) is 44.2 Å². The van der Waals surface area contributed by atoms with Crippen LogP contribution in [0, 0.1) is 5.92 Å². The smallest absolute Gasteiger partial charge is 0.0930 e. The summed E-state index contributed by atoms with van der Waals surface area (Å²) in [6.45, 7) is 8.11. The minimum absolute atomic E-state index is 0.664. The van der Waals surface area contributed by atoms with Gasteiger partial charge in [-0.2, -0.15) is 0 Å². The van der Waals surface area contributed by atoms with Crippen LogP contribution in [0.4, 0.5) is 0 Å². The minimum atomic E-state index is 0.664. The zero-order chi connectivity index (χ0) is 15.8. The third-order valence-electron chi connectivity index (χ3n) is 3.57. The highest BCUT2D eigenvalue weighted by molar-refractivity contribution is 7.11. The highest BCUT2D eigenvalue weighted by Crippen LogP contribution is 2.18. The van der Waals surface area contributed by atoms with Crippen molar-refractivity contribution in [2.24, 2.45) is 11.7 Å². The van der Waals surface area contributed by atoms with Crippen molar-refractivity contribution in [3.8, 4) is 0 Å². The van der Waals surface area contributed by atoms with E-state index in [2.05, 4.69) is 54.1 Å². The number of nitrogens with zero attached hydrogens (tertiary/aromatic N) is 2. The number of nitrogens with two attached hydrogens (primary N) is 1. The molecule has 0 fully saturated rings. The normalized spacial score (nSPS) is 11.5. The summed E-state index contributed by atoms with van der Waals surface area (Å²) in [7, 11) is 0. The summed E-state index contributed by atoms with van der Waals surface area (Å²) >= 11 is 1.84. The minimum Gasteiger partial charge on any atom is -0.329 e. The molecule has 1 heterocycles. The molecule has 2 rings (SSSR count). The maximum absolute atomic E-state index is 5.77. The number of hydrogen-bond donors (Lipinski definition) is 1. The number of rotatable bonds is 9. The van der Waals surface area contributed by atoms with E-state index >= 15 is 0 Å². The Bertz CT molecular complexity index is 536. The largest absolute Gasteiger partial charge is 0.329 e. The van der Waals surface area contributed by atoms with Crippen LogP contribution in [0.3, 0.4) is 0 Å². The van der Waals surface area contributed by atoms with Crippen molar-refractivity contribution in [2.75, 3.05) is 19.6 Å². The maximum atomic E-state index is 5.77. The second-order valence-corrected chi connectivity index (χ2v) is 7.32. The van der Waals surface area contributed by atoms with Gasteiger partial charge >= 0.3 is 0 Å². The van der Waals surface area contributed by atoms with Gasteiger partial charge in [-0.15, -0.1) is 11.3 Å². The molecule has 0 bridgehead atoms. The average molecular weight is 318 g/mol. The van der Waals surface area contributed by atoms with Gasteiger partial charge in [0.05, 0.1) is 5.01 Å². The Hall–Kier alpha value is -1.23. The summed E-state index contributed by atoms with van der Waals surface area (Å²) in [6, 6.07) is 10.6. The van der Waals surface area contributed by atoms with Gasteiger partial charge in [0, 0.05) is 43.7 Å². The summed E-state index contributed by atoms with van der Waals surface area (Å²) in [4.78, 5) is 8.32. The molecule has 120 valence electrons. The van der Waals surface area contributed by atoms with Gasteiger partial charge in [0.25, 0.3) is 0 Å². The molecule has 0 saturated heterocycles. The van der Waals surface area contributed by atoms with Crippen molar-refractivity contribution in [2.45, 2.75) is 33.2 Å². The standard InChI is InChI=1S/C18H27N3S/c1-15(2)12-18-20-13-17(22-18)14-21(11-9-19)10-8-16-6-4-3-5-7-16/h3-7,13,15H,8-12,14,19H2,1-2H3. The third-order valence-corrected chi connectivity index (χ3v) is 4.57. The van der Waals surface area contributed by atoms with E-state index in [9.17, 15) is 0 Å². The topological polar surface area (TPSA) is 42.2 Å². The summed E-state index contributed by atoms with van der Waals surface area (Å²) in [5, 5.41) is 1.25. The highest BCUT2D eigenvalue weighted by Gasteiger charge is 2.09. The molecule has 1 aromatic carbocycles. The van der Waals surface area contributed by atoms with E-state index < -0.39 is 0 Å². The molecular formula is C18H27N3S. The van der Waals surface area contributed by atoms with Crippen molar-refractivity contribution >= 4 is 11.3 Å². The van der Waals surface area contributed by atoms with Gasteiger partial charge in [-0.25, -0.2) is 4.98 Å². The molecule has 2 aromatic rings. The monoisotopic (exact) mass is 317 g/mol. The lowest BCUT2D eigenvalue weighted by Crippen LogP contribution is -2.30. The Labute approximate surface area is 138 Å². The predicted octanol–water partition coefficient (Wildman–Crippen LogP) is 3.35. The van der Waals surface area contributed by atoms with Crippen molar-refractivity contribution in [1.82, 2.24) is 9.88 Å². The molecule has 0 saturated carbocycles. The lowest BCUT2D eigenvalue weighted by atomic mass is 10.1. The highest BCUT2D eigenvalue weighted by atomic mass is 32.1. The molecule has 0 atom stereocenters. The fourth-order valence-corrected chi connectivity index (χ4v) is 3.65. The zero-order valence-electron chi connectivity index (χ0n) is 13.7. The van der Waals surface area contributed by atoms with E-state index in [4.69, 9.17) is 5.73 Å². The number of thiazole rings is 1. The van der Waals surface area contributed by atoms with Gasteiger partial charge in [0.2, 0.25) is 0 Å². The van der Waals surface area contributed by atoms with Crippen molar-refractivity contribution in [3.63, 3.8) is 0 Å². The van der Waals surface area contributed by atoms with Crippen LogP contribution in [0.2, 0.25) is 0 Å². The number of benzene rings is 1. The molecule has 0 unspecified atom stereocenters. The number of hydrogen-bond acceptors (Lipinski definition) is 4. The lowest BCUT2D eigenvalue weighted by molar-refractivity contribution is 0.278. The molecule has 0 aliphatic rings. The maximum Gasteiger partial charge on any atom is 0.0930 e. The second-order valence-electron chi connectivity index (χ2n) is 6.12. The SMILES string of the molecule is CC(C)Cc1ncc(CN(CCN)CCc2ccccc2)s1. The Morgan fingerprint density at radius 1 is 1.18 bits per heavy atom. The van der Waals surface area contributed by atoms with Crippen LogP contribution in [0.1, 0.15) is 29.3 Å². The van der Waals surface area contributed by atoms with Gasteiger partial charge in [0.15, 0.2) is 0 Å². The summed E-state index contributed by atoms with van der Waals surface area (Å²) in [6.07, 6.45) is 4.18. The molecule has 2 N–H and O–H groups in total. The number of aromatic nitrogens is 1. The first-order valence-corrected chi connectivity index (χ1v) is 8.89. The van der Waals surface area contributed by atoms with Gasteiger partial charge in [0.1, 0.15) is 0 Å². The first kappa shape index (κ1) is 17.1. The van der Waals surface area contributed by atoms with Crippen LogP contribution in [0.5, 0.6) is 0 Å². The Morgan fingerprint density at radius 3 is 2.64 bits per heavy atom. The molecule has 22 heavy (non-hydrogen) atoms. The molecule has 3 nitrogen and oxygen atoms in total. The molecule has 0 radical (unpaired) electrons. The lowest BCUT2D eigenvalue weighted by Gasteiger charge is -2.20. The van der Waals surface area contributed by atoms with Crippen molar-refractivity contribution in [1.29, 1.82) is 0 Å². The van der Waals surface area contributed by atoms with Crippen LogP contribution in [0.25, 0.3) is 0 Å². The van der Waals surface area contributed by atoms with E-state index in [0.717, 1.165) is 32.5 Å². The Kier molecular flexibility index (Phi) is 7.03. The average Bonchev–Trinajstić information content (AvgIpc) is 2.92. The van der Waals surface area contributed by atoms with E-state index in [-0.39, 0.29) is 0 Å². The first-order chi connectivity index (χ1) is 10.7. The Morgan fingerprint density at radius 2 is 1.95 bits per heavy atom. The fourth-order valence-electron chi connectivity index (χ4n) is 2.47. The van der Waals surface area contributed by atoms with Crippen LogP contribution < -0.4 is 5.73 Å². The molecule has 0 spiro atoms. The molecule has 0 amide bonds. The van der Waals surface area contributed by atoms with Gasteiger partial charge < -0.3 is 5.73 Å². The molecule has 0 aliphatic heterocycles. The zero-order valence-corrected chi connectivity index (χ0v) is 14.5. The third kappa shape index (κ3) is 5.87. The van der Waals surface area contributed by atoms with Crippen LogP contribution in [-0.4, -0.2) is 29.5 Å². The van der Waals surface area contributed by atoms with Crippen LogP contribution in [0.15, 0.2) is 36.5 Å². The van der Waals surface area contributed by atoms with Crippen LogP contribution in [-0.2, 0) is 19.4 Å². The molecule has 4 heteroatoms. The molecular weight excluding hydrogens is 290 g/mol. The van der Waals surface area contributed by atoms with Crippen LogP contribution >= 0.6 is 11.3 Å². The molecule has 1 aromatic heterocycles. The quantitative estimate of drug-likeness (QED) is 0.771. The molecule has 0 aliphatic carbocycles. The van der Waals surface area contributed by atoms with Crippen molar-refractivity contribution < 1.29 is 0 Å². The summed E-state index contributed by atoms with van der Waals surface area (Å²) < 4.78 is 0.